The summed E-state index contributed by atoms with van der Waals surface area (Å²) >= 11 is 0. The standard InChI is InChI=1S/C28H28O2/c1-26(2)18-28(22-16-10-8-14-20(22)26)23-17-11-9-15-21(23)27(3,4)25(28)30-24(29)19-12-6-5-7-13-19/h5-17,25H,18H2,1-4H3. The first-order valence-corrected chi connectivity index (χ1v) is 10.7. The van der Waals surface area contributed by atoms with E-state index in [1.54, 1.807) is 0 Å². The van der Waals surface area contributed by atoms with Crippen LogP contribution < -0.4 is 0 Å². The molecule has 0 N–H and O–H groups in total. The molecule has 0 fully saturated rings. The van der Waals surface area contributed by atoms with E-state index in [1.807, 2.05) is 30.3 Å². The molecule has 0 radical (unpaired) electrons. The fourth-order valence-corrected chi connectivity index (χ4v) is 6.15. The van der Waals surface area contributed by atoms with Crippen molar-refractivity contribution in [2.45, 2.75) is 56.5 Å². The number of fused-ring (bicyclic) bond motifs is 4. The molecule has 3 aromatic carbocycles. The van der Waals surface area contributed by atoms with Crippen LogP contribution in [-0.2, 0) is 21.0 Å². The maximum Gasteiger partial charge on any atom is 0.338 e. The van der Waals surface area contributed by atoms with E-state index < -0.39 is 0 Å². The molecule has 0 saturated carbocycles. The summed E-state index contributed by atoms with van der Waals surface area (Å²) in [6, 6.07) is 26.7. The highest BCUT2D eigenvalue weighted by atomic mass is 16.5. The van der Waals surface area contributed by atoms with Crippen LogP contribution >= 0.6 is 0 Å². The third-order valence-corrected chi connectivity index (χ3v) is 7.30. The molecule has 30 heavy (non-hydrogen) atoms. The molecule has 5 rings (SSSR count). The van der Waals surface area contributed by atoms with Crippen molar-refractivity contribution < 1.29 is 9.53 Å². The van der Waals surface area contributed by atoms with Crippen LogP contribution in [0.15, 0.2) is 78.9 Å². The van der Waals surface area contributed by atoms with Crippen molar-refractivity contribution in [2.75, 3.05) is 0 Å². The molecule has 0 aromatic heterocycles. The molecule has 2 unspecified atom stereocenters. The average molecular weight is 397 g/mol. The van der Waals surface area contributed by atoms with E-state index in [1.165, 1.54) is 22.3 Å². The number of esters is 1. The Morgan fingerprint density at radius 2 is 1.23 bits per heavy atom. The third kappa shape index (κ3) is 2.46. The fraction of sp³-hybridized carbons (Fsp3) is 0.321. The summed E-state index contributed by atoms with van der Waals surface area (Å²) in [5.41, 5.74) is 5.21. The number of rotatable bonds is 2. The third-order valence-electron chi connectivity index (χ3n) is 7.30. The van der Waals surface area contributed by atoms with Gasteiger partial charge in [0.05, 0.1) is 11.0 Å². The minimum atomic E-state index is -0.343. The average Bonchev–Trinajstić information content (AvgIpc) is 3.10. The van der Waals surface area contributed by atoms with Gasteiger partial charge in [0, 0.05) is 5.41 Å². The molecule has 2 heteroatoms. The van der Waals surface area contributed by atoms with Crippen LogP contribution in [0.2, 0.25) is 0 Å². The van der Waals surface area contributed by atoms with E-state index >= 15 is 0 Å². The number of hydrogen-bond acceptors (Lipinski definition) is 2. The second kappa shape index (κ2) is 6.31. The molecule has 2 aliphatic carbocycles. The first kappa shape index (κ1) is 19.1. The van der Waals surface area contributed by atoms with Gasteiger partial charge in [-0.15, -0.1) is 0 Å². The van der Waals surface area contributed by atoms with Crippen LogP contribution in [0.1, 0.15) is 66.7 Å². The smallest absolute Gasteiger partial charge is 0.338 e. The normalized spacial score (nSPS) is 25.0. The number of hydrogen-bond donors (Lipinski definition) is 0. The van der Waals surface area contributed by atoms with E-state index in [2.05, 4.69) is 76.2 Å². The zero-order valence-electron chi connectivity index (χ0n) is 18.1. The van der Waals surface area contributed by atoms with Crippen molar-refractivity contribution in [3.05, 3.63) is 107 Å². The number of carbonyl (C=O) groups is 1. The number of ether oxygens (including phenoxy) is 1. The van der Waals surface area contributed by atoms with Gasteiger partial charge >= 0.3 is 5.97 Å². The molecule has 0 saturated heterocycles. The first-order valence-electron chi connectivity index (χ1n) is 10.7. The van der Waals surface area contributed by atoms with E-state index in [9.17, 15) is 4.79 Å². The minimum absolute atomic E-state index is 0.00152. The highest BCUT2D eigenvalue weighted by Crippen LogP contribution is 2.63. The van der Waals surface area contributed by atoms with E-state index in [0.29, 0.717) is 5.56 Å². The highest BCUT2D eigenvalue weighted by Gasteiger charge is 2.64. The molecule has 0 heterocycles. The number of benzene rings is 3. The van der Waals surface area contributed by atoms with Crippen molar-refractivity contribution >= 4 is 5.97 Å². The Hall–Kier alpha value is -2.87. The lowest BCUT2D eigenvalue weighted by Gasteiger charge is -2.39. The Morgan fingerprint density at radius 1 is 0.733 bits per heavy atom. The topological polar surface area (TPSA) is 26.3 Å². The molecule has 0 aliphatic heterocycles. The lowest BCUT2D eigenvalue weighted by molar-refractivity contribution is -0.00741. The molecular formula is C28H28O2. The second-order valence-corrected chi connectivity index (χ2v) is 10.00. The van der Waals surface area contributed by atoms with Crippen LogP contribution in [-0.4, -0.2) is 12.1 Å². The predicted octanol–water partition coefficient (Wildman–Crippen LogP) is 6.17. The second-order valence-electron chi connectivity index (χ2n) is 10.00. The largest absolute Gasteiger partial charge is 0.457 e. The maximum atomic E-state index is 13.2. The Labute approximate surface area is 178 Å². The lowest BCUT2D eigenvalue weighted by atomic mass is 9.70. The van der Waals surface area contributed by atoms with Crippen molar-refractivity contribution in [3.63, 3.8) is 0 Å². The van der Waals surface area contributed by atoms with Gasteiger partial charge in [0.25, 0.3) is 0 Å². The Kier molecular flexibility index (Phi) is 4.02. The summed E-state index contributed by atoms with van der Waals surface area (Å²) in [4.78, 5) is 13.2. The van der Waals surface area contributed by atoms with Gasteiger partial charge in [-0.05, 0) is 46.2 Å². The molecule has 1 spiro atoms. The van der Waals surface area contributed by atoms with Crippen LogP contribution in [0, 0.1) is 0 Å². The molecule has 0 bridgehead atoms. The van der Waals surface area contributed by atoms with E-state index in [0.717, 1.165) is 6.42 Å². The van der Waals surface area contributed by atoms with Crippen molar-refractivity contribution in [1.29, 1.82) is 0 Å². The summed E-state index contributed by atoms with van der Waals surface area (Å²) in [7, 11) is 0. The lowest BCUT2D eigenvalue weighted by Crippen LogP contribution is -2.46. The summed E-state index contributed by atoms with van der Waals surface area (Å²) < 4.78 is 6.44. The Bertz CT molecular complexity index is 1110. The summed E-state index contributed by atoms with van der Waals surface area (Å²) in [5.74, 6) is -0.247. The summed E-state index contributed by atoms with van der Waals surface area (Å²) in [6.45, 7) is 9.06. The predicted molar refractivity (Wildman–Crippen MR) is 120 cm³/mol. The van der Waals surface area contributed by atoms with E-state index in [-0.39, 0.29) is 28.3 Å². The summed E-state index contributed by atoms with van der Waals surface area (Å²) in [6.07, 6.45) is 0.644. The Balaban J connectivity index is 1.73. The van der Waals surface area contributed by atoms with Gasteiger partial charge in [0.2, 0.25) is 0 Å². The zero-order chi connectivity index (χ0) is 21.1. The van der Waals surface area contributed by atoms with E-state index in [4.69, 9.17) is 4.74 Å². The minimum Gasteiger partial charge on any atom is -0.457 e. The number of carbonyl (C=O) groups excluding carboxylic acids is 1. The summed E-state index contributed by atoms with van der Waals surface area (Å²) in [5, 5.41) is 0. The molecule has 3 aromatic rings. The molecule has 2 atom stereocenters. The van der Waals surface area contributed by atoms with Gasteiger partial charge in [0.1, 0.15) is 6.10 Å². The van der Waals surface area contributed by atoms with Crippen LogP contribution in [0.25, 0.3) is 0 Å². The van der Waals surface area contributed by atoms with Crippen molar-refractivity contribution in [1.82, 2.24) is 0 Å². The van der Waals surface area contributed by atoms with Crippen LogP contribution in [0.4, 0.5) is 0 Å². The monoisotopic (exact) mass is 396 g/mol. The Morgan fingerprint density at radius 3 is 1.87 bits per heavy atom. The van der Waals surface area contributed by atoms with Crippen LogP contribution in [0.5, 0.6) is 0 Å². The van der Waals surface area contributed by atoms with Crippen molar-refractivity contribution in [2.24, 2.45) is 0 Å². The van der Waals surface area contributed by atoms with Gasteiger partial charge in [-0.2, -0.15) is 0 Å². The van der Waals surface area contributed by atoms with Gasteiger partial charge < -0.3 is 4.74 Å². The van der Waals surface area contributed by atoms with Gasteiger partial charge in [-0.1, -0.05) is 94.4 Å². The van der Waals surface area contributed by atoms with Crippen LogP contribution in [0.3, 0.4) is 0 Å². The molecule has 2 nitrogen and oxygen atoms in total. The molecular weight excluding hydrogens is 368 g/mol. The quantitative estimate of drug-likeness (QED) is 0.484. The SMILES string of the molecule is CC1(C)CC2(c3ccccc31)c1ccccc1C(C)(C)C2OC(=O)c1ccccc1. The highest BCUT2D eigenvalue weighted by molar-refractivity contribution is 5.89. The van der Waals surface area contributed by atoms with Gasteiger partial charge in [-0.25, -0.2) is 4.79 Å². The molecule has 0 amide bonds. The maximum absolute atomic E-state index is 13.2. The molecule has 152 valence electrons. The zero-order valence-corrected chi connectivity index (χ0v) is 18.1. The van der Waals surface area contributed by atoms with Gasteiger partial charge in [-0.3, -0.25) is 0 Å². The fourth-order valence-electron chi connectivity index (χ4n) is 6.15. The van der Waals surface area contributed by atoms with Gasteiger partial charge in [0.15, 0.2) is 0 Å². The molecule has 2 aliphatic rings. The van der Waals surface area contributed by atoms with Crippen molar-refractivity contribution in [3.8, 4) is 0 Å². The first-order chi connectivity index (χ1) is 14.3.